The van der Waals surface area contributed by atoms with Crippen LogP contribution in [0.3, 0.4) is 0 Å². The molecule has 0 aliphatic carbocycles. The van der Waals surface area contributed by atoms with Crippen molar-refractivity contribution in [3.8, 4) is 0 Å². The van der Waals surface area contributed by atoms with Crippen molar-refractivity contribution in [1.82, 2.24) is 20.8 Å². The molecule has 1 aromatic heterocycles. The molecule has 2 aliphatic heterocycles. The van der Waals surface area contributed by atoms with Crippen LogP contribution in [-0.4, -0.2) is 41.8 Å². The van der Waals surface area contributed by atoms with Crippen molar-refractivity contribution >= 4 is 23.3 Å². The molecule has 0 unspecified atom stereocenters. The zero-order valence-electron chi connectivity index (χ0n) is 13.8. The first-order valence-corrected chi connectivity index (χ1v) is 8.46. The fourth-order valence-corrected chi connectivity index (χ4v) is 3.23. The SMILES string of the molecule is O=C(Nc1cccc(N2CCCNC2=O)c1)c1n[nH]c2c1CNCC2. The van der Waals surface area contributed by atoms with Crippen LogP contribution in [0.5, 0.6) is 0 Å². The lowest BCUT2D eigenvalue weighted by atomic mass is 10.1. The topological polar surface area (TPSA) is 102 Å². The highest BCUT2D eigenvalue weighted by Crippen LogP contribution is 2.22. The van der Waals surface area contributed by atoms with E-state index in [9.17, 15) is 9.59 Å². The number of nitrogens with one attached hydrogen (secondary N) is 4. The molecule has 25 heavy (non-hydrogen) atoms. The lowest BCUT2D eigenvalue weighted by molar-refractivity contribution is 0.102. The van der Waals surface area contributed by atoms with Crippen LogP contribution in [0.4, 0.5) is 16.2 Å². The molecule has 0 saturated carbocycles. The monoisotopic (exact) mass is 340 g/mol. The standard InChI is InChI=1S/C17H20N6O2/c24-16(15-13-10-18-7-5-14(13)21-22-15)20-11-3-1-4-12(9-11)23-8-2-6-19-17(23)25/h1,3-4,9,18H,2,5-8,10H2,(H,19,25)(H,20,24)(H,21,22). The van der Waals surface area contributed by atoms with E-state index >= 15 is 0 Å². The number of aromatic amines is 1. The molecule has 0 atom stereocenters. The van der Waals surface area contributed by atoms with Gasteiger partial charge in [0, 0.05) is 55.2 Å². The van der Waals surface area contributed by atoms with E-state index in [4.69, 9.17) is 0 Å². The largest absolute Gasteiger partial charge is 0.338 e. The fourth-order valence-electron chi connectivity index (χ4n) is 3.23. The number of benzene rings is 1. The number of nitrogens with zero attached hydrogens (tertiary/aromatic N) is 2. The minimum atomic E-state index is -0.249. The molecular weight excluding hydrogens is 320 g/mol. The molecule has 3 heterocycles. The Bertz CT molecular complexity index is 815. The third kappa shape index (κ3) is 3.08. The van der Waals surface area contributed by atoms with Gasteiger partial charge in [-0.05, 0) is 24.6 Å². The molecule has 1 fully saturated rings. The normalized spacial score (nSPS) is 17.0. The molecule has 3 amide bonds. The molecule has 0 bridgehead atoms. The second-order valence-electron chi connectivity index (χ2n) is 6.20. The maximum atomic E-state index is 12.6. The summed E-state index contributed by atoms with van der Waals surface area (Å²) in [6.45, 7) is 2.89. The second kappa shape index (κ2) is 6.56. The van der Waals surface area contributed by atoms with Crippen LogP contribution in [0.2, 0.25) is 0 Å². The van der Waals surface area contributed by atoms with E-state index in [1.54, 1.807) is 17.0 Å². The Hall–Kier alpha value is -2.87. The van der Waals surface area contributed by atoms with Gasteiger partial charge in [0.25, 0.3) is 5.91 Å². The first-order chi connectivity index (χ1) is 12.2. The summed E-state index contributed by atoms with van der Waals surface area (Å²) >= 11 is 0. The fraction of sp³-hybridized carbons (Fsp3) is 0.353. The summed E-state index contributed by atoms with van der Waals surface area (Å²) in [5, 5.41) is 16.1. The molecule has 130 valence electrons. The average Bonchev–Trinajstić information content (AvgIpc) is 3.06. The Balaban J connectivity index is 1.53. The average molecular weight is 340 g/mol. The van der Waals surface area contributed by atoms with Gasteiger partial charge in [0.05, 0.1) is 0 Å². The van der Waals surface area contributed by atoms with Gasteiger partial charge in [-0.2, -0.15) is 5.10 Å². The number of hydrogen-bond acceptors (Lipinski definition) is 4. The molecule has 1 aromatic carbocycles. The highest BCUT2D eigenvalue weighted by Gasteiger charge is 2.22. The van der Waals surface area contributed by atoms with Gasteiger partial charge in [-0.25, -0.2) is 4.79 Å². The number of aromatic nitrogens is 2. The van der Waals surface area contributed by atoms with Crippen LogP contribution in [0.1, 0.15) is 28.2 Å². The summed E-state index contributed by atoms with van der Waals surface area (Å²) in [7, 11) is 0. The highest BCUT2D eigenvalue weighted by molar-refractivity contribution is 6.04. The van der Waals surface area contributed by atoms with E-state index in [0.29, 0.717) is 31.0 Å². The van der Waals surface area contributed by atoms with Gasteiger partial charge < -0.3 is 16.0 Å². The van der Waals surface area contributed by atoms with Gasteiger partial charge in [-0.3, -0.25) is 14.8 Å². The van der Waals surface area contributed by atoms with Gasteiger partial charge in [-0.1, -0.05) is 6.07 Å². The third-order valence-corrected chi connectivity index (χ3v) is 4.52. The van der Waals surface area contributed by atoms with Gasteiger partial charge in [0.15, 0.2) is 5.69 Å². The molecule has 1 saturated heterocycles. The van der Waals surface area contributed by atoms with Crippen LogP contribution in [0.25, 0.3) is 0 Å². The van der Waals surface area contributed by atoms with E-state index in [-0.39, 0.29) is 11.9 Å². The number of rotatable bonds is 3. The van der Waals surface area contributed by atoms with E-state index in [1.807, 2.05) is 12.1 Å². The number of amides is 3. The summed E-state index contributed by atoms with van der Waals surface area (Å²) in [6, 6.07) is 7.19. The summed E-state index contributed by atoms with van der Waals surface area (Å²) in [5.41, 5.74) is 3.77. The van der Waals surface area contributed by atoms with Crippen LogP contribution in [-0.2, 0) is 13.0 Å². The van der Waals surface area contributed by atoms with Crippen molar-refractivity contribution in [1.29, 1.82) is 0 Å². The first-order valence-electron chi connectivity index (χ1n) is 8.46. The molecule has 4 rings (SSSR count). The number of fused-ring (bicyclic) bond motifs is 1. The first kappa shape index (κ1) is 15.6. The lowest BCUT2D eigenvalue weighted by Crippen LogP contribution is -2.46. The molecule has 2 aliphatic rings. The molecule has 0 radical (unpaired) electrons. The van der Waals surface area contributed by atoms with Crippen molar-refractivity contribution < 1.29 is 9.59 Å². The van der Waals surface area contributed by atoms with Crippen molar-refractivity contribution in [3.05, 3.63) is 41.2 Å². The molecule has 0 spiro atoms. The Labute approximate surface area is 145 Å². The molecule has 4 N–H and O–H groups in total. The van der Waals surface area contributed by atoms with Crippen LogP contribution >= 0.6 is 0 Å². The van der Waals surface area contributed by atoms with Gasteiger partial charge in [0.1, 0.15) is 0 Å². The van der Waals surface area contributed by atoms with Gasteiger partial charge >= 0.3 is 6.03 Å². The molecule has 8 nitrogen and oxygen atoms in total. The van der Waals surface area contributed by atoms with E-state index in [1.165, 1.54) is 0 Å². The second-order valence-corrected chi connectivity index (χ2v) is 6.20. The van der Waals surface area contributed by atoms with Gasteiger partial charge in [-0.15, -0.1) is 0 Å². The van der Waals surface area contributed by atoms with E-state index in [2.05, 4.69) is 26.1 Å². The van der Waals surface area contributed by atoms with Crippen molar-refractivity contribution in [2.24, 2.45) is 0 Å². The van der Waals surface area contributed by atoms with Crippen molar-refractivity contribution in [3.63, 3.8) is 0 Å². The highest BCUT2D eigenvalue weighted by atomic mass is 16.2. The number of hydrogen-bond donors (Lipinski definition) is 4. The number of carbonyl (C=O) groups excluding carboxylic acids is 2. The predicted molar refractivity (Wildman–Crippen MR) is 93.8 cm³/mol. The van der Waals surface area contributed by atoms with E-state index in [0.717, 1.165) is 36.3 Å². The number of carbonyl (C=O) groups is 2. The Kier molecular flexibility index (Phi) is 4.10. The van der Waals surface area contributed by atoms with Crippen LogP contribution in [0.15, 0.2) is 24.3 Å². The van der Waals surface area contributed by atoms with Crippen molar-refractivity contribution in [2.45, 2.75) is 19.4 Å². The zero-order valence-corrected chi connectivity index (χ0v) is 13.8. The smallest absolute Gasteiger partial charge is 0.321 e. The van der Waals surface area contributed by atoms with Gasteiger partial charge in [0.2, 0.25) is 0 Å². The minimum Gasteiger partial charge on any atom is -0.338 e. The number of urea groups is 1. The predicted octanol–water partition coefficient (Wildman–Crippen LogP) is 1.23. The Morgan fingerprint density at radius 2 is 2.20 bits per heavy atom. The quantitative estimate of drug-likeness (QED) is 0.675. The summed E-state index contributed by atoms with van der Waals surface area (Å²) in [4.78, 5) is 26.2. The third-order valence-electron chi connectivity index (χ3n) is 4.52. The Morgan fingerprint density at radius 1 is 1.28 bits per heavy atom. The maximum Gasteiger partial charge on any atom is 0.321 e. The Morgan fingerprint density at radius 3 is 3.08 bits per heavy atom. The summed E-state index contributed by atoms with van der Waals surface area (Å²) in [6.07, 6.45) is 1.74. The van der Waals surface area contributed by atoms with Crippen molar-refractivity contribution in [2.75, 3.05) is 29.9 Å². The van der Waals surface area contributed by atoms with Crippen LogP contribution in [0, 0.1) is 0 Å². The molecule has 2 aromatic rings. The van der Waals surface area contributed by atoms with Crippen LogP contribution < -0.4 is 20.9 Å². The zero-order chi connectivity index (χ0) is 17.2. The molecular formula is C17H20N6O2. The minimum absolute atomic E-state index is 0.109. The number of anilines is 2. The summed E-state index contributed by atoms with van der Waals surface area (Å²) < 4.78 is 0. The summed E-state index contributed by atoms with van der Waals surface area (Å²) in [5.74, 6) is -0.249. The molecule has 8 heteroatoms. The maximum absolute atomic E-state index is 12.6. The van der Waals surface area contributed by atoms with E-state index < -0.39 is 0 Å². The lowest BCUT2D eigenvalue weighted by Gasteiger charge is -2.27. The number of H-pyrrole nitrogens is 1.